The van der Waals surface area contributed by atoms with Gasteiger partial charge in [-0.25, -0.2) is 9.97 Å². The maximum atomic E-state index is 6.35. The molecule has 11 nitrogen and oxygen atoms in total. The Morgan fingerprint density at radius 2 is 1.64 bits per heavy atom. The SMILES string of the molecule is CCC(C)N/C=C\Nc1ccc(N2CCN(c3ccc(OCC4COC(Cn5nccn5)(c5ccncn5)S4)cc3)CC2)cc1. The summed E-state index contributed by atoms with van der Waals surface area (Å²) in [6.07, 6.45) is 11.6. The average molecular weight is 628 g/mol. The standard InChI is InChI=1S/C33H41N9O2S/c1-3-26(2)35-14-15-36-27-4-6-28(7-5-27)40-18-20-41(21-19-40)29-8-10-30(11-9-29)43-22-31-23-44-33(45-31,24-42-38-16-17-39-42)32-12-13-34-25-37-32/h4-17,25-26,31,35-36H,3,18-24H2,1-2H3/b15-14-. The van der Waals surface area contributed by atoms with Crippen LogP contribution in [0.4, 0.5) is 17.1 Å². The van der Waals surface area contributed by atoms with Crippen LogP contribution in [-0.4, -0.2) is 75.6 Å². The second-order valence-corrected chi connectivity index (χ2v) is 12.8. The van der Waals surface area contributed by atoms with Crippen LogP contribution in [0.1, 0.15) is 26.0 Å². The predicted molar refractivity (Wildman–Crippen MR) is 180 cm³/mol. The van der Waals surface area contributed by atoms with Gasteiger partial charge in [0.25, 0.3) is 0 Å². The van der Waals surface area contributed by atoms with Crippen LogP contribution < -0.4 is 25.2 Å². The summed E-state index contributed by atoms with van der Waals surface area (Å²) < 4.78 is 12.6. The molecule has 2 fully saturated rings. The van der Waals surface area contributed by atoms with Crippen molar-refractivity contribution in [1.29, 1.82) is 0 Å². The number of rotatable bonds is 13. The summed E-state index contributed by atoms with van der Waals surface area (Å²) in [7, 11) is 0. The van der Waals surface area contributed by atoms with Crippen molar-refractivity contribution >= 4 is 28.8 Å². The number of ether oxygens (including phenoxy) is 2. The van der Waals surface area contributed by atoms with E-state index < -0.39 is 4.93 Å². The molecule has 6 rings (SSSR count). The second kappa shape index (κ2) is 14.7. The van der Waals surface area contributed by atoms with E-state index in [0.717, 1.165) is 49.7 Å². The highest BCUT2D eigenvalue weighted by Crippen LogP contribution is 2.46. The quantitative estimate of drug-likeness (QED) is 0.215. The zero-order valence-corrected chi connectivity index (χ0v) is 26.6. The number of benzene rings is 2. The molecule has 0 bridgehead atoms. The topological polar surface area (TPSA) is 105 Å². The summed E-state index contributed by atoms with van der Waals surface area (Å²) in [5.41, 5.74) is 4.35. The number of hydrogen-bond donors (Lipinski definition) is 2. The van der Waals surface area contributed by atoms with Gasteiger partial charge in [-0.1, -0.05) is 6.92 Å². The summed E-state index contributed by atoms with van der Waals surface area (Å²) in [5.74, 6) is 0.852. The van der Waals surface area contributed by atoms with Crippen molar-refractivity contribution in [3.63, 3.8) is 0 Å². The minimum atomic E-state index is -0.692. The first kappa shape index (κ1) is 30.7. The molecule has 2 aromatic heterocycles. The summed E-state index contributed by atoms with van der Waals surface area (Å²) in [5, 5.41) is 15.4. The summed E-state index contributed by atoms with van der Waals surface area (Å²) >= 11 is 1.70. The van der Waals surface area contributed by atoms with Crippen molar-refractivity contribution < 1.29 is 9.47 Å². The Hall–Kier alpha value is -4.29. The van der Waals surface area contributed by atoms with Crippen LogP contribution in [0.25, 0.3) is 0 Å². The molecule has 2 N–H and O–H groups in total. The molecule has 2 aliphatic rings. The lowest BCUT2D eigenvalue weighted by molar-refractivity contribution is 0.0188. The van der Waals surface area contributed by atoms with Crippen LogP contribution in [0.3, 0.4) is 0 Å². The van der Waals surface area contributed by atoms with Gasteiger partial charge in [0.15, 0.2) is 4.93 Å². The van der Waals surface area contributed by atoms with Crippen molar-refractivity contribution in [3.05, 3.63) is 97.6 Å². The molecule has 2 aromatic carbocycles. The van der Waals surface area contributed by atoms with E-state index in [1.54, 1.807) is 41.5 Å². The number of nitrogens with zero attached hydrogens (tertiary/aromatic N) is 7. The first-order valence-corrected chi connectivity index (χ1v) is 16.4. The van der Waals surface area contributed by atoms with Crippen molar-refractivity contribution in [2.24, 2.45) is 0 Å². The maximum absolute atomic E-state index is 6.35. The molecule has 0 aliphatic carbocycles. The summed E-state index contributed by atoms with van der Waals surface area (Å²) in [6, 6.07) is 19.5. The smallest absolute Gasteiger partial charge is 0.177 e. The first-order valence-electron chi connectivity index (χ1n) is 15.5. The number of aromatic nitrogens is 5. The van der Waals surface area contributed by atoms with Gasteiger partial charge in [0.05, 0.1) is 29.9 Å². The number of hydrogen-bond acceptors (Lipinski definition) is 11. The molecule has 0 saturated carbocycles. The number of piperazine rings is 1. The zero-order valence-electron chi connectivity index (χ0n) is 25.8. The van der Waals surface area contributed by atoms with Gasteiger partial charge in [0, 0.05) is 67.9 Å². The third-order valence-electron chi connectivity index (χ3n) is 8.12. The second-order valence-electron chi connectivity index (χ2n) is 11.2. The van der Waals surface area contributed by atoms with Gasteiger partial charge in [0.2, 0.25) is 0 Å². The van der Waals surface area contributed by atoms with E-state index >= 15 is 0 Å². The molecule has 2 aliphatic heterocycles. The molecule has 3 unspecified atom stereocenters. The van der Waals surface area contributed by atoms with Crippen molar-refractivity contribution in [1.82, 2.24) is 30.3 Å². The maximum Gasteiger partial charge on any atom is 0.177 e. The zero-order chi connectivity index (χ0) is 30.9. The third kappa shape index (κ3) is 7.87. The molecule has 4 heterocycles. The van der Waals surface area contributed by atoms with Crippen molar-refractivity contribution in [3.8, 4) is 5.75 Å². The van der Waals surface area contributed by atoms with E-state index in [2.05, 4.69) is 103 Å². The fourth-order valence-electron chi connectivity index (χ4n) is 5.37. The van der Waals surface area contributed by atoms with E-state index in [4.69, 9.17) is 9.47 Å². The van der Waals surface area contributed by atoms with E-state index in [-0.39, 0.29) is 5.25 Å². The molecule has 12 heteroatoms. The fourth-order valence-corrected chi connectivity index (χ4v) is 6.75. The Morgan fingerprint density at radius 1 is 0.956 bits per heavy atom. The Morgan fingerprint density at radius 3 is 2.29 bits per heavy atom. The largest absolute Gasteiger partial charge is 0.492 e. The highest BCUT2D eigenvalue weighted by atomic mass is 32.2. The lowest BCUT2D eigenvalue weighted by atomic mass is 10.2. The van der Waals surface area contributed by atoms with Crippen LogP contribution >= 0.6 is 11.8 Å². The molecule has 4 aromatic rings. The monoisotopic (exact) mass is 627 g/mol. The number of nitrogens with one attached hydrogen (secondary N) is 2. The first-order chi connectivity index (χ1) is 22.1. The van der Waals surface area contributed by atoms with E-state index in [9.17, 15) is 0 Å². The lowest BCUT2D eigenvalue weighted by Crippen LogP contribution is -2.46. The van der Waals surface area contributed by atoms with Gasteiger partial charge in [-0.05, 0) is 67.9 Å². The van der Waals surface area contributed by atoms with Gasteiger partial charge in [-0.2, -0.15) is 15.0 Å². The number of anilines is 3. The minimum Gasteiger partial charge on any atom is -0.492 e. The fraction of sp³-hybridized carbons (Fsp3) is 0.394. The van der Waals surface area contributed by atoms with Gasteiger partial charge < -0.3 is 29.9 Å². The molecule has 0 radical (unpaired) electrons. The molecule has 2 saturated heterocycles. The van der Waals surface area contributed by atoms with Crippen molar-refractivity contribution in [2.45, 2.75) is 43.0 Å². The van der Waals surface area contributed by atoms with E-state index in [1.165, 1.54) is 11.4 Å². The van der Waals surface area contributed by atoms with E-state index in [0.29, 0.717) is 25.8 Å². The van der Waals surface area contributed by atoms with Crippen LogP contribution in [0.15, 0.2) is 91.9 Å². The molecular formula is C33H41N9O2S. The summed E-state index contributed by atoms with van der Waals surface area (Å²) in [4.78, 5) is 14.4. The summed E-state index contributed by atoms with van der Waals surface area (Å²) in [6.45, 7) is 9.77. The molecule has 236 valence electrons. The highest BCUT2D eigenvalue weighted by molar-refractivity contribution is 8.00. The molecule has 3 atom stereocenters. The minimum absolute atomic E-state index is 0.135. The number of thioether (sulfide) groups is 1. The average Bonchev–Trinajstić information content (AvgIpc) is 3.77. The van der Waals surface area contributed by atoms with Gasteiger partial charge >= 0.3 is 0 Å². The van der Waals surface area contributed by atoms with Gasteiger partial charge in [0.1, 0.15) is 25.2 Å². The Kier molecular flexibility index (Phi) is 10.0. The molecule has 0 spiro atoms. The molecule has 45 heavy (non-hydrogen) atoms. The van der Waals surface area contributed by atoms with Gasteiger partial charge in [-0.15, -0.1) is 11.8 Å². The van der Waals surface area contributed by atoms with Crippen LogP contribution in [-0.2, 0) is 16.2 Å². The Bertz CT molecular complexity index is 1480. The Balaban J connectivity index is 0.967. The van der Waals surface area contributed by atoms with Crippen LogP contribution in [0.2, 0.25) is 0 Å². The molecular weight excluding hydrogens is 586 g/mol. The van der Waals surface area contributed by atoms with E-state index in [1.807, 2.05) is 18.5 Å². The van der Waals surface area contributed by atoms with Crippen LogP contribution in [0, 0.1) is 0 Å². The van der Waals surface area contributed by atoms with Crippen LogP contribution in [0.5, 0.6) is 5.75 Å². The highest BCUT2D eigenvalue weighted by Gasteiger charge is 2.45. The van der Waals surface area contributed by atoms with Gasteiger partial charge in [-0.3, -0.25) is 0 Å². The van der Waals surface area contributed by atoms with Crippen molar-refractivity contribution in [2.75, 3.05) is 54.5 Å². The Labute approximate surface area is 269 Å². The molecule has 0 amide bonds. The predicted octanol–water partition coefficient (Wildman–Crippen LogP) is 4.73. The normalized spacial score (nSPS) is 20.8. The lowest BCUT2D eigenvalue weighted by Gasteiger charge is -2.37. The third-order valence-corrected chi connectivity index (χ3v) is 9.57.